The zero-order valence-corrected chi connectivity index (χ0v) is 18.6. The van der Waals surface area contributed by atoms with Crippen LogP contribution in [0.15, 0.2) is 36.5 Å². The van der Waals surface area contributed by atoms with E-state index in [0.717, 1.165) is 62.3 Å². The van der Waals surface area contributed by atoms with Gasteiger partial charge in [-0.15, -0.1) is 0 Å². The smallest absolute Gasteiger partial charge is 0.126 e. The van der Waals surface area contributed by atoms with Crippen LogP contribution in [0.4, 0.5) is 5.82 Å². The fraction of sp³-hybridized carbons (Fsp3) is 0.480. The molecule has 3 aromatic heterocycles. The Bertz CT molecular complexity index is 1120. The number of rotatable bonds is 6. The van der Waals surface area contributed by atoms with E-state index < -0.39 is 0 Å². The molecule has 2 bridgehead atoms. The van der Waals surface area contributed by atoms with Crippen LogP contribution in [0.3, 0.4) is 0 Å². The monoisotopic (exact) mass is 430 g/mol. The zero-order valence-electron chi connectivity index (χ0n) is 18.6. The molecule has 3 aromatic rings. The molecule has 1 saturated carbocycles. The van der Waals surface area contributed by atoms with Crippen LogP contribution in [0.2, 0.25) is 0 Å². The summed E-state index contributed by atoms with van der Waals surface area (Å²) in [5.41, 5.74) is 5.35. The number of ether oxygens (including phenoxy) is 1. The summed E-state index contributed by atoms with van der Waals surface area (Å²) in [5.74, 6) is 2.75. The first-order valence-corrected chi connectivity index (χ1v) is 11.8. The van der Waals surface area contributed by atoms with Crippen molar-refractivity contribution in [3.05, 3.63) is 48.0 Å². The molecule has 0 radical (unpaired) electrons. The molecule has 2 atom stereocenters. The topological polar surface area (TPSA) is 68.1 Å². The second kappa shape index (κ2) is 8.30. The van der Waals surface area contributed by atoms with Crippen LogP contribution in [0.25, 0.3) is 22.6 Å². The summed E-state index contributed by atoms with van der Waals surface area (Å²) in [4.78, 5) is 17.0. The Balaban J connectivity index is 1.32. The van der Waals surface area contributed by atoms with Crippen LogP contribution in [0.1, 0.15) is 42.7 Å². The molecule has 0 unspecified atom stereocenters. The number of nitrogens with one attached hydrogen (secondary N) is 1. The number of fused-ring (bicyclic) bond motifs is 5. The molecule has 1 aliphatic carbocycles. The van der Waals surface area contributed by atoms with E-state index in [0.29, 0.717) is 12.0 Å². The fourth-order valence-corrected chi connectivity index (χ4v) is 5.51. The maximum Gasteiger partial charge on any atom is 0.126 e. The summed E-state index contributed by atoms with van der Waals surface area (Å²) in [6, 6.07) is 11.0. The number of hydrogen-bond acceptors (Lipinski definition) is 6. The molecule has 6 rings (SSSR count). The van der Waals surface area contributed by atoms with E-state index in [9.17, 15) is 0 Å². The van der Waals surface area contributed by atoms with Crippen LogP contribution < -0.4 is 5.32 Å². The third-order valence-corrected chi connectivity index (χ3v) is 7.08. The van der Waals surface area contributed by atoms with Gasteiger partial charge < -0.3 is 14.6 Å². The number of imidazole rings is 1. The molecule has 0 spiro atoms. The molecular formula is C25H30N6O. The summed E-state index contributed by atoms with van der Waals surface area (Å²) < 4.78 is 7.95. The van der Waals surface area contributed by atoms with Gasteiger partial charge in [0, 0.05) is 55.6 Å². The lowest BCUT2D eigenvalue weighted by Gasteiger charge is -2.26. The van der Waals surface area contributed by atoms with E-state index in [1.807, 2.05) is 19.2 Å². The van der Waals surface area contributed by atoms with Crippen molar-refractivity contribution in [2.24, 2.45) is 0 Å². The summed E-state index contributed by atoms with van der Waals surface area (Å²) in [6.45, 7) is 7.59. The highest BCUT2D eigenvalue weighted by molar-refractivity contribution is 5.79. The van der Waals surface area contributed by atoms with Crippen LogP contribution in [0, 0.1) is 6.92 Å². The number of aryl methyl sites for hydroxylation is 1. The Hall–Kier alpha value is -2.77. The summed E-state index contributed by atoms with van der Waals surface area (Å²) in [6.07, 6.45) is 5.64. The lowest BCUT2D eigenvalue weighted by atomic mass is 10.1. The van der Waals surface area contributed by atoms with Crippen LogP contribution >= 0.6 is 0 Å². The predicted octanol–water partition coefficient (Wildman–Crippen LogP) is 3.88. The summed E-state index contributed by atoms with van der Waals surface area (Å²) in [7, 11) is 0. The highest BCUT2D eigenvalue weighted by Gasteiger charge is 2.41. The minimum absolute atomic E-state index is 0.557. The first-order valence-electron chi connectivity index (χ1n) is 11.8. The molecule has 2 aliphatic heterocycles. The Kier molecular flexibility index (Phi) is 5.15. The second-order valence-corrected chi connectivity index (χ2v) is 9.18. The van der Waals surface area contributed by atoms with Gasteiger partial charge in [-0.3, -0.25) is 9.88 Å². The quantitative estimate of drug-likeness (QED) is 0.640. The van der Waals surface area contributed by atoms with Gasteiger partial charge in [-0.25, -0.2) is 9.97 Å². The molecule has 5 heterocycles. The fourth-order valence-electron chi connectivity index (χ4n) is 5.51. The van der Waals surface area contributed by atoms with Crippen molar-refractivity contribution in [2.45, 2.75) is 38.1 Å². The molecule has 32 heavy (non-hydrogen) atoms. The predicted molar refractivity (Wildman–Crippen MR) is 125 cm³/mol. The van der Waals surface area contributed by atoms with Gasteiger partial charge in [-0.1, -0.05) is 6.07 Å². The number of aromatic nitrogens is 4. The van der Waals surface area contributed by atoms with Gasteiger partial charge in [0.05, 0.1) is 24.6 Å². The number of morpholine rings is 1. The van der Waals surface area contributed by atoms with E-state index in [1.54, 1.807) is 0 Å². The van der Waals surface area contributed by atoms with E-state index in [4.69, 9.17) is 14.7 Å². The van der Waals surface area contributed by atoms with Gasteiger partial charge in [0.15, 0.2) is 0 Å². The average Bonchev–Trinajstić information content (AvgIpc) is 3.53. The summed E-state index contributed by atoms with van der Waals surface area (Å²) in [5, 5.41) is 3.53. The van der Waals surface area contributed by atoms with Crippen LogP contribution in [-0.4, -0.2) is 63.8 Å². The molecular weight excluding hydrogens is 400 g/mol. The van der Waals surface area contributed by atoms with E-state index in [-0.39, 0.29) is 0 Å². The summed E-state index contributed by atoms with van der Waals surface area (Å²) >= 11 is 0. The maximum absolute atomic E-state index is 5.45. The Morgan fingerprint density at radius 2 is 2.03 bits per heavy atom. The minimum atomic E-state index is 0.557. The molecule has 2 fully saturated rings. The van der Waals surface area contributed by atoms with E-state index >= 15 is 0 Å². The van der Waals surface area contributed by atoms with E-state index in [2.05, 4.69) is 44.0 Å². The van der Waals surface area contributed by atoms with Gasteiger partial charge in [-0.05, 0) is 50.5 Å². The highest BCUT2D eigenvalue weighted by Crippen LogP contribution is 2.52. The van der Waals surface area contributed by atoms with Gasteiger partial charge in [0.2, 0.25) is 0 Å². The van der Waals surface area contributed by atoms with Crippen molar-refractivity contribution >= 4 is 5.82 Å². The number of anilines is 1. The molecule has 3 aliphatic rings. The number of pyridine rings is 2. The van der Waals surface area contributed by atoms with Crippen molar-refractivity contribution in [1.82, 2.24) is 24.4 Å². The largest absolute Gasteiger partial charge is 0.379 e. The SMILES string of the molecule is Cc1cccc(-c2nc3n(c2-c2ccnc(NCCN4CCOCC4)c2)[C@H]2CC[C@@H]3C2)n1. The highest BCUT2D eigenvalue weighted by atomic mass is 16.5. The van der Waals surface area contributed by atoms with Gasteiger partial charge in [0.1, 0.15) is 17.3 Å². The van der Waals surface area contributed by atoms with Crippen molar-refractivity contribution in [3.8, 4) is 22.6 Å². The molecule has 166 valence electrons. The number of hydrogen-bond donors (Lipinski definition) is 1. The molecule has 7 heteroatoms. The van der Waals surface area contributed by atoms with Gasteiger partial charge in [-0.2, -0.15) is 0 Å². The van der Waals surface area contributed by atoms with Crippen molar-refractivity contribution in [1.29, 1.82) is 0 Å². The third-order valence-electron chi connectivity index (χ3n) is 7.08. The normalized spacial score (nSPS) is 22.3. The van der Waals surface area contributed by atoms with Crippen LogP contribution in [-0.2, 0) is 4.74 Å². The number of nitrogens with zero attached hydrogens (tertiary/aromatic N) is 5. The first-order chi connectivity index (χ1) is 15.8. The zero-order chi connectivity index (χ0) is 21.5. The Morgan fingerprint density at radius 1 is 1.12 bits per heavy atom. The molecule has 7 nitrogen and oxygen atoms in total. The van der Waals surface area contributed by atoms with Crippen molar-refractivity contribution < 1.29 is 4.74 Å². The second-order valence-electron chi connectivity index (χ2n) is 9.18. The minimum Gasteiger partial charge on any atom is -0.379 e. The molecule has 0 aromatic carbocycles. The van der Waals surface area contributed by atoms with Gasteiger partial charge in [0.25, 0.3) is 0 Å². The lowest BCUT2D eigenvalue weighted by molar-refractivity contribution is 0.0398. The molecule has 1 N–H and O–H groups in total. The molecule has 1 saturated heterocycles. The lowest BCUT2D eigenvalue weighted by Crippen LogP contribution is -2.39. The Morgan fingerprint density at radius 3 is 2.91 bits per heavy atom. The average molecular weight is 431 g/mol. The van der Waals surface area contributed by atoms with Crippen molar-refractivity contribution in [2.75, 3.05) is 44.7 Å². The first kappa shape index (κ1) is 19.9. The Labute approximate surface area is 188 Å². The van der Waals surface area contributed by atoms with Gasteiger partial charge >= 0.3 is 0 Å². The third kappa shape index (κ3) is 3.59. The maximum atomic E-state index is 5.45. The standard InChI is InChI=1S/C25H30N6O/c1-17-3-2-4-21(28-17)23-24(31-20-6-5-19(15-20)25(31)29-23)18-7-8-26-22(16-18)27-9-10-30-11-13-32-14-12-30/h2-4,7-8,16,19-20H,5-6,9-15H2,1H3,(H,26,27)/t19-,20+/m1/s1. The van der Waals surface area contributed by atoms with Crippen molar-refractivity contribution in [3.63, 3.8) is 0 Å². The molecule has 0 amide bonds. The van der Waals surface area contributed by atoms with Crippen LogP contribution in [0.5, 0.6) is 0 Å². The van der Waals surface area contributed by atoms with E-state index in [1.165, 1.54) is 36.3 Å².